The van der Waals surface area contributed by atoms with E-state index in [9.17, 15) is 0 Å². The summed E-state index contributed by atoms with van der Waals surface area (Å²) in [7, 11) is 0. The molecule has 132 valence electrons. The molecule has 0 heterocycles. The van der Waals surface area contributed by atoms with E-state index in [1.165, 1.54) is 39.0 Å². The lowest BCUT2D eigenvalue weighted by Crippen LogP contribution is -1.93. The molecule has 1 aliphatic carbocycles. The number of hydrogen-bond acceptors (Lipinski definition) is 0. The van der Waals surface area contributed by atoms with Crippen LogP contribution in [-0.4, -0.2) is 0 Å². The zero-order valence-corrected chi connectivity index (χ0v) is 15.8. The SMILES string of the molecule is C#Cc1cccc(C2=Cc3cc(CCc4ccc(CC)cc4)ccc3C2)c1. The Morgan fingerprint density at radius 3 is 2.37 bits per heavy atom. The fourth-order valence-electron chi connectivity index (χ4n) is 3.76. The standard InChI is InChI=1S/C27H24/c1-3-20-8-10-22(11-9-20)12-13-23-14-15-25-18-27(19-26(25)17-23)24-7-5-6-21(4-2)16-24/h2,5-11,14-17,19H,3,12-13,18H2,1H3. The molecule has 27 heavy (non-hydrogen) atoms. The summed E-state index contributed by atoms with van der Waals surface area (Å²) in [5.74, 6) is 2.73. The average Bonchev–Trinajstić information content (AvgIpc) is 3.16. The molecule has 0 unspecified atom stereocenters. The highest BCUT2D eigenvalue weighted by atomic mass is 14.2. The van der Waals surface area contributed by atoms with Gasteiger partial charge in [-0.05, 0) is 76.8 Å². The number of fused-ring (bicyclic) bond motifs is 1. The van der Waals surface area contributed by atoms with E-state index in [0.29, 0.717) is 0 Å². The minimum absolute atomic E-state index is 0.944. The van der Waals surface area contributed by atoms with Crippen LogP contribution in [0.4, 0.5) is 0 Å². The van der Waals surface area contributed by atoms with Gasteiger partial charge in [0.1, 0.15) is 0 Å². The first-order valence-corrected chi connectivity index (χ1v) is 9.72. The Kier molecular flexibility index (Phi) is 4.95. The molecule has 0 atom stereocenters. The quantitative estimate of drug-likeness (QED) is 0.488. The van der Waals surface area contributed by atoms with Crippen molar-refractivity contribution in [2.75, 3.05) is 0 Å². The molecular formula is C27H24. The minimum Gasteiger partial charge on any atom is -0.115 e. The zero-order chi connectivity index (χ0) is 18.6. The molecule has 0 amide bonds. The van der Waals surface area contributed by atoms with Crippen LogP contribution >= 0.6 is 0 Å². The van der Waals surface area contributed by atoms with Crippen molar-refractivity contribution in [2.45, 2.75) is 32.6 Å². The van der Waals surface area contributed by atoms with Crippen LogP contribution in [0.15, 0.2) is 66.7 Å². The topological polar surface area (TPSA) is 0 Å². The van der Waals surface area contributed by atoms with E-state index in [1.54, 1.807) is 0 Å². The number of benzene rings is 3. The summed E-state index contributed by atoms with van der Waals surface area (Å²) in [6.07, 6.45) is 12.1. The van der Waals surface area contributed by atoms with Crippen molar-refractivity contribution in [3.8, 4) is 12.3 Å². The Labute approximate surface area is 162 Å². The van der Waals surface area contributed by atoms with Crippen molar-refractivity contribution in [3.05, 3.63) is 106 Å². The van der Waals surface area contributed by atoms with Gasteiger partial charge in [0.25, 0.3) is 0 Å². The van der Waals surface area contributed by atoms with Gasteiger partial charge in [-0.25, -0.2) is 0 Å². The van der Waals surface area contributed by atoms with Crippen LogP contribution in [0.2, 0.25) is 0 Å². The second-order valence-corrected chi connectivity index (χ2v) is 7.27. The van der Waals surface area contributed by atoms with Crippen molar-refractivity contribution in [3.63, 3.8) is 0 Å². The van der Waals surface area contributed by atoms with Gasteiger partial charge in [-0.3, -0.25) is 0 Å². The van der Waals surface area contributed by atoms with Gasteiger partial charge in [0, 0.05) is 5.56 Å². The predicted octanol–water partition coefficient (Wildman–Crippen LogP) is 6.11. The van der Waals surface area contributed by atoms with Gasteiger partial charge < -0.3 is 0 Å². The zero-order valence-electron chi connectivity index (χ0n) is 15.8. The molecule has 4 rings (SSSR count). The number of hydrogen-bond donors (Lipinski definition) is 0. The third-order valence-corrected chi connectivity index (χ3v) is 5.45. The van der Waals surface area contributed by atoms with E-state index in [0.717, 1.165) is 31.2 Å². The fraction of sp³-hybridized carbons (Fsp3) is 0.185. The van der Waals surface area contributed by atoms with Crippen molar-refractivity contribution in [1.82, 2.24) is 0 Å². The third-order valence-electron chi connectivity index (χ3n) is 5.45. The second kappa shape index (κ2) is 7.68. The van der Waals surface area contributed by atoms with Crippen LogP contribution in [0.5, 0.6) is 0 Å². The van der Waals surface area contributed by atoms with Gasteiger partial charge in [-0.15, -0.1) is 6.42 Å². The monoisotopic (exact) mass is 348 g/mol. The van der Waals surface area contributed by atoms with Crippen LogP contribution in [-0.2, 0) is 25.7 Å². The first kappa shape index (κ1) is 17.4. The van der Waals surface area contributed by atoms with Crippen LogP contribution in [0.3, 0.4) is 0 Å². The van der Waals surface area contributed by atoms with Crippen LogP contribution in [0.25, 0.3) is 11.6 Å². The molecule has 0 saturated carbocycles. The Morgan fingerprint density at radius 1 is 0.852 bits per heavy atom. The number of terminal acetylenes is 1. The van der Waals surface area contributed by atoms with Gasteiger partial charge >= 0.3 is 0 Å². The van der Waals surface area contributed by atoms with E-state index in [-0.39, 0.29) is 0 Å². The first-order valence-electron chi connectivity index (χ1n) is 9.72. The lowest BCUT2D eigenvalue weighted by Gasteiger charge is -2.06. The van der Waals surface area contributed by atoms with E-state index >= 15 is 0 Å². The lowest BCUT2D eigenvalue weighted by atomic mass is 9.99. The summed E-state index contributed by atoms with van der Waals surface area (Å²) in [5.41, 5.74) is 10.5. The molecule has 0 heteroatoms. The largest absolute Gasteiger partial charge is 0.115 e. The van der Waals surface area contributed by atoms with E-state index in [1.807, 2.05) is 12.1 Å². The Morgan fingerprint density at radius 2 is 1.59 bits per heavy atom. The molecule has 0 N–H and O–H groups in total. The Hall–Kier alpha value is -3.04. The average molecular weight is 348 g/mol. The molecule has 0 saturated heterocycles. The maximum absolute atomic E-state index is 5.55. The molecule has 0 aliphatic heterocycles. The van der Waals surface area contributed by atoms with Gasteiger partial charge in [-0.1, -0.05) is 73.5 Å². The molecule has 0 nitrogen and oxygen atoms in total. The predicted molar refractivity (Wildman–Crippen MR) is 116 cm³/mol. The van der Waals surface area contributed by atoms with Crippen LogP contribution in [0.1, 0.15) is 45.9 Å². The summed E-state index contributed by atoms with van der Waals surface area (Å²) in [6.45, 7) is 2.20. The minimum atomic E-state index is 0.944. The molecular weight excluding hydrogens is 324 g/mol. The van der Waals surface area contributed by atoms with Gasteiger partial charge in [-0.2, -0.15) is 0 Å². The second-order valence-electron chi connectivity index (χ2n) is 7.27. The summed E-state index contributed by atoms with van der Waals surface area (Å²) in [6, 6.07) is 24.3. The van der Waals surface area contributed by atoms with Crippen molar-refractivity contribution < 1.29 is 0 Å². The van der Waals surface area contributed by atoms with Crippen LogP contribution in [0, 0.1) is 12.3 Å². The van der Waals surface area contributed by atoms with Gasteiger partial charge in [0.05, 0.1) is 0 Å². The Bertz CT molecular complexity index is 1030. The number of aryl methyl sites for hydroxylation is 3. The summed E-state index contributed by atoms with van der Waals surface area (Å²) >= 11 is 0. The van der Waals surface area contributed by atoms with E-state index in [4.69, 9.17) is 6.42 Å². The third kappa shape index (κ3) is 3.88. The molecule has 3 aromatic rings. The van der Waals surface area contributed by atoms with Crippen molar-refractivity contribution in [2.24, 2.45) is 0 Å². The molecule has 1 aliphatic rings. The molecule has 0 spiro atoms. The molecule has 0 radical (unpaired) electrons. The maximum atomic E-state index is 5.55. The summed E-state index contributed by atoms with van der Waals surface area (Å²) in [4.78, 5) is 0. The summed E-state index contributed by atoms with van der Waals surface area (Å²) < 4.78 is 0. The van der Waals surface area contributed by atoms with Crippen molar-refractivity contribution >= 4 is 11.6 Å². The maximum Gasteiger partial charge on any atom is 0.0248 e. The molecule has 0 aromatic heterocycles. The lowest BCUT2D eigenvalue weighted by molar-refractivity contribution is 0.955. The van der Waals surface area contributed by atoms with E-state index < -0.39 is 0 Å². The van der Waals surface area contributed by atoms with Crippen LogP contribution < -0.4 is 0 Å². The fourth-order valence-corrected chi connectivity index (χ4v) is 3.76. The van der Waals surface area contributed by atoms with E-state index in [2.05, 4.69) is 73.5 Å². The molecule has 0 bridgehead atoms. The smallest absolute Gasteiger partial charge is 0.0248 e. The summed E-state index contributed by atoms with van der Waals surface area (Å²) in [5, 5.41) is 0. The van der Waals surface area contributed by atoms with Gasteiger partial charge in [0.15, 0.2) is 0 Å². The van der Waals surface area contributed by atoms with Gasteiger partial charge in [0.2, 0.25) is 0 Å². The highest BCUT2D eigenvalue weighted by Crippen LogP contribution is 2.32. The number of allylic oxidation sites excluding steroid dienone is 1. The van der Waals surface area contributed by atoms with Crippen molar-refractivity contribution in [1.29, 1.82) is 0 Å². The molecule has 0 fully saturated rings. The normalized spacial score (nSPS) is 12.4. The number of rotatable bonds is 5. The molecule has 3 aromatic carbocycles. The highest BCUT2D eigenvalue weighted by molar-refractivity contribution is 5.88. The first-order chi connectivity index (χ1) is 13.2. The highest BCUT2D eigenvalue weighted by Gasteiger charge is 2.14. The Balaban J connectivity index is 1.49.